The lowest BCUT2D eigenvalue weighted by Gasteiger charge is -1.98. The molecule has 0 atom stereocenters. The van der Waals surface area contributed by atoms with Crippen molar-refractivity contribution >= 4 is 11.5 Å². The highest BCUT2D eigenvalue weighted by Crippen LogP contribution is 2.09. The Labute approximate surface area is 53.1 Å². The normalized spacial score (nSPS) is 9.00. The number of nitrogen functional groups attached to an aromatic ring is 1. The lowest BCUT2D eigenvalue weighted by molar-refractivity contribution is 1.04. The number of nitrogens with two attached hydrogens (primary N) is 1. The first-order valence-electron chi connectivity index (χ1n) is 2.59. The van der Waals surface area contributed by atoms with Crippen molar-refractivity contribution in [2.45, 2.75) is 0 Å². The van der Waals surface area contributed by atoms with E-state index in [1.807, 2.05) is 0 Å². The predicted octanol–water partition coefficient (Wildman–Crippen LogP) is 0.100. The van der Waals surface area contributed by atoms with Crippen LogP contribution in [0.5, 0.6) is 0 Å². The Morgan fingerprint density at radius 3 is 2.89 bits per heavy atom. The molecule has 48 valence electrons. The molecule has 0 bridgehead atoms. The van der Waals surface area contributed by atoms with E-state index in [0.29, 0.717) is 5.82 Å². The monoisotopic (exact) mass is 124 g/mol. The van der Waals surface area contributed by atoms with Gasteiger partial charge in [0.2, 0.25) is 0 Å². The van der Waals surface area contributed by atoms with Crippen molar-refractivity contribution in [3.63, 3.8) is 0 Å². The van der Waals surface area contributed by atoms with Crippen LogP contribution in [0.3, 0.4) is 0 Å². The number of nitrogens with one attached hydrogen (secondary N) is 1. The molecule has 0 aromatic carbocycles. The van der Waals surface area contributed by atoms with E-state index in [2.05, 4.69) is 15.5 Å². The molecule has 9 heavy (non-hydrogen) atoms. The molecule has 0 radical (unpaired) electrons. The zero-order valence-corrected chi connectivity index (χ0v) is 5.13. The van der Waals surface area contributed by atoms with Gasteiger partial charge in [0.15, 0.2) is 5.82 Å². The first-order chi connectivity index (χ1) is 4.34. The molecule has 3 N–H and O–H groups in total. The summed E-state index contributed by atoms with van der Waals surface area (Å²) in [6.45, 7) is 0. The van der Waals surface area contributed by atoms with Crippen molar-refractivity contribution in [1.82, 2.24) is 10.2 Å². The second-order valence-electron chi connectivity index (χ2n) is 1.58. The van der Waals surface area contributed by atoms with Crippen molar-refractivity contribution in [1.29, 1.82) is 0 Å². The van der Waals surface area contributed by atoms with E-state index in [0.717, 1.165) is 5.69 Å². The number of anilines is 2. The smallest absolute Gasteiger partial charge is 0.169 e. The fourth-order valence-corrected chi connectivity index (χ4v) is 0.554. The zero-order chi connectivity index (χ0) is 6.69. The van der Waals surface area contributed by atoms with Crippen LogP contribution in [0.25, 0.3) is 0 Å². The van der Waals surface area contributed by atoms with Crippen LogP contribution in [-0.2, 0) is 0 Å². The maximum atomic E-state index is 5.39. The molecule has 1 aromatic rings. The van der Waals surface area contributed by atoms with Crippen molar-refractivity contribution in [2.75, 3.05) is 18.1 Å². The van der Waals surface area contributed by atoms with Gasteiger partial charge in [0.05, 0.1) is 11.9 Å². The topological polar surface area (TPSA) is 63.8 Å². The predicted molar refractivity (Wildman–Crippen MR) is 36.0 cm³/mol. The van der Waals surface area contributed by atoms with Gasteiger partial charge in [-0.05, 0) is 6.07 Å². The van der Waals surface area contributed by atoms with Crippen LogP contribution in [0.2, 0.25) is 0 Å². The third-order valence-corrected chi connectivity index (χ3v) is 1.02. The molecule has 0 amide bonds. The standard InChI is InChI=1S/C5H8N4/c1-7-4-2-3-8-9-5(4)6/h2-3H,1H3,(H2,6,9)(H,7,8). The molecule has 1 rings (SSSR count). The van der Waals surface area contributed by atoms with Crippen LogP contribution in [0, 0.1) is 0 Å². The molecule has 0 fully saturated rings. The summed E-state index contributed by atoms with van der Waals surface area (Å²) < 4.78 is 0. The van der Waals surface area contributed by atoms with Gasteiger partial charge in [0.1, 0.15) is 0 Å². The summed E-state index contributed by atoms with van der Waals surface area (Å²) in [6.07, 6.45) is 1.59. The minimum atomic E-state index is 0.431. The lowest BCUT2D eigenvalue weighted by Crippen LogP contribution is -1.98. The van der Waals surface area contributed by atoms with Gasteiger partial charge in [-0.25, -0.2) is 0 Å². The quantitative estimate of drug-likeness (QED) is 0.557. The molecule has 0 aliphatic carbocycles. The zero-order valence-electron chi connectivity index (χ0n) is 5.13. The SMILES string of the molecule is CNc1ccnnc1N. The van der Waals surface area contributed by atoms with Gasteiger partial charge in [0, 0.05) is 7.05 Å². The van der Waals surface area contributed by atoms with E-state index in [1.165, 1.54) is 0 Å². The molecular weight excluding hydrogens is 116 g/mol. The van der Waals surface area contributed by atoms with Crippen LogP contribution in [0.4, 0.5) is 11.5 Å². The number of nitrogens with zero attached hydrogens (tertiary/aromatic N) is 2. The summed E-state index contributed by atoms with van der Waals surface area (Å²) in [7, 11) is 1.79. The maximum absolute atomic E-state index is 5.39. The van der Waals surface area contributed by atoms with Gasteiger partial charge in [-0.15, -0.1) is 5.10 Å². The Bertz CT molecular complexity index is 198. The first-order valence-corrected chi connectivity index (χ1v) is 2.59. The molecular formula is C5H8N4. The summed E-state index contributed by atoms with van der Waals surface area (Å²) in [4.78, 5) is 0. The number of rotatable bonds is 1. The largest absolute Gasteiger partial charge is 0.385 e. The minimum absolute atomic E-state index is 0.431. The maximum Gasteiger partial charge on any atom is 0.169 e. The Morgan fingerprint density at radius 2 is 2.44 bits per heavy atom. The van der Waals surface area contributed by atoms with Gasteiger partial charge >= 0.3 is 0 Å². The molecule has 4 nitrogen and oxygen atoms in total. The van der Waals surface area contributed by atoms with E-state index in [-0.39, 0.29) is 0 Å². The summed E-state index contributed by atoms with van der Waals surface area (Å²) >= 11 is 0. The Hall–Kier alpha value is -1.32. The molecule has 4 heteroatoms. The third-order valence-electron chi connectivity index (χ3n) is 1.02. The Morgan fingerprint density at radius 1 is 1.67 bits per heavy atom. The highest BCUT2D eigenvalue weighted by molar-refractivity contribution is 5.59. The van der Waals surface area contributed by atoms with E-state index in [4.69, 9.17) is 5.73 Å². The van der Waals surface area contributed by atoms with E-state index < -0.39 is 0 Å². The van der Waals surface area contributed by atoms with E-state index >= 15 is 0 Å². The van der Waals surface area contributed by atoms with Crippen LogP contribution >= 0.6 is 0 Å². The van der Waals surface area contributed by atoms with E-state index in [1.54, 1.807) is 19.3 Å². The Balaban J connectivity index is 3.01. The van der Waals surface area contributed by atoms with Gasteiger partial charge in [-0.1, -0.05) is 0 Å². The average Bonchev–Trinajstić information content (AvgIpc) is 1.89. The number of aromatic nitrogens is 2. The minimum Gasteiger partial charge on any atom is -0.385 e. The van der Waals surface area contributed by atoms with Gasteiger partial charge in [-0.3, -0.25) is 0 Å². The van der Waals surface area contributed by atoms with Crippen LogP contribution < -0.4 is 11.1 Å². The molecule has 0 saturated heterocycles. The molecule has 0 unspecified atom stereocenters. The molecule has 0 aliphatic rings. The summed E-state index contributed by atoms with van der Waals surface area (Å²) in [5.74, 6) is 0.431. The third kappa shape index (κ3) is 1.07. The summed E-state index contributed by atoms with van der Waals surface area (Å²) in [6, 6.07) is 1.77. The van der Waals surface area contributed by atoms with Crippen molar-refractivity contribution in [2.24, 2.45) is 0 Å². The molecule has 0 spiro atoms. The second kappa shape index (κ2) is 2.30. The van der Waals surface area contributed by atoms with Crippen LogP contribution in [-0.4, -0.2) is 17.2 Å². The van der Waals surface area contributed by atoms with Crippen molar-refractivity contribution in [3.05, 3.63) is 12.3 Å². The molecule has 1 heterocycles. The average molecular weight is 124 g/mol. The highest BCUT2D eigenvalue weighted by Gasteiger charge is 1.92. The first kappa shape index (κ1) is 5.81. The summed E-state index contributed by atoms with van der Waals surface area (Å²) in [5, 5.41) is 10.1. The summed E-state index contributed by atoms with van der Waals surface area (Å²) in [5.41, 5.74) is 6.21. The molecule has 0 saturated carbocycles. The van der Waals surface area contributed by atoms with Gasteiger partial charge < -0.3 is 11.1 Å². The fourth-order valence-electron chi connectivity index (χ4n) is 0.554. The lowest BCUT2D eigenvalue weighted by atomic mass is 10.4. The van der Waals surface area contributed by atoms with Crippen molar-refractivity contribution in [3.8, 4) is 0 Å². The molecule has 0 aliphatic heterocycles. The van der Waals surface area contributed by atoms with Crippen LogP contribution in [0.15, 0.2) is 12.3 Å². The van der Waals surface area contributed by atoms with Gasteiger partial charge in [0.25, 0.3) is 0 Å². The highest BCUT2D eigenvalue weighted by atomic mass is 15.1. The Kier molecular flexibility index (Phi) is 1.48. The van der Waals surface area contributed by atoms with Gasteiger partial charge in [-0.2, -0.15) is 5.10 Å². The number of hydrogen-bond donors (Lipinski definition) is 2. The number of hydrogen-bond acceptors (Lipinski definition) is 4. The van der Waals surface area contributed by atoms with E-state index in [9.17, 15) is 0 Å². The fraction of sp³-hybridized carbons (Fsp3) is 0.200. The van der Waals surface area contributed by atoms with Crippen molar-refractivity contribution < 1.29 is 0 Å². The molecule has 1 aromatic heterocycles. The second-order valence-corrected chi connectivity index (χ2v) is 1.58. The van der Waals surface area contributed by atoms with Crippen LogP contribution in [0.1, 0.15) is 0 Å².